The van der Waals surface area contributed by atoms with Crippen molar-refractivity contribution in [2.24, 2.45) is 5.73 Å². The Morgan fingerprint density at radius 2 is 1.67 bits per heavy atom. The van der Waals surface area contributed by atoms with Gasteiger partial charge in [-0.15, -0.1) is 0 Å². The number of hydrogen-bond donors (Lipinski definition) is 3. The molecule has 0 bridgehead atoms. The minimum absolute atomic E-state index is 0.424. The number of carbonyl (C=O) groups is 1. The summed E-state index contributed by atoms with van der Waals surface area (Å²) < 4.78 is 0. The van der Waals surface area contributed by atoms with Gasteiger partial charge in [-0.1, -0.05) is 48.5 Å². The van der Waals surface area contributed by atoms with Gasteiger partial charge in [0.1, 0.15) is 0 Å². The van der Waals surface area contributed by atoms with Crippen molar-refractivity contribution in [3.05, 3.63) is 84.6 Å². The highest BCUT2D eigenvalue weighted by Crippen LogP contribution is 2.28. The SMILES string of the molecule is NC(=O)c1cc(-c2ccnc(Nc3ccccc3)n2)[nH]c1-c1ccccc1. The average Bonchev–Trinajstić information content (AvgIpc) is 3.16. The minimum atomic E-state index is -0.493. The second-order valence-electron chi connectivity index (χ2n) is 5.96. The topological polar surface area (TPSA) is 96.7 Å². The van der Waals surface area contributed by atoms with Crippen LogP contribution in [-0.4, -0.2) is 20.9 Å². The van der Waals surface area contributed by atoms with E-state index < -0.39 is 5.91 Å². The van der Waals surface area contributed by atoms with Gasteiger partial charge in [0, 0.05) is 11.9 Å². The lowest BCUT2D eigenvalue weighted by atomic mass is 10.1. The summed E-state index contributed by atoms with van der Waals surface area (Å²) in [5.41, 5.74) is 9.80. The van der Waals surface area contributed by atoms with E-state index in [1.165, 1.54) is 0 Å². The van der Waals surface area contributed by atoms with Gasteiger partial charge in [-0.25, -0.2) is 9.97 Å². The first-order chi connectivity index (χ1) is 13.2. The van der Waals surface area contributed by atoms with Crippen LogP contribution in [0.2, 0.25) is 0 Å². The summed E-state index contributed by atoms with van der Waals surface area (Å²) in [5.74, 6) is -0.0248. The van der Waals surface area contributed by atoms with Crippen LogP contribution in [0.1, 0.15) is 10.4 Å². The van der Waals surface area contributed by atoms with Crippen molar-refractivity contribution < 1.29 is 4.79 Å². The number of carbonyl (C=O) groups excluding carboxylic acids is 1. The van der Waals surface area contributed by atoms with Gasteiger partial charge in [-0.3, -0.25) is 4.79 Å². The largest absolute Gasteiger partial charge is 0.366 e. The lowest BCUT2D eigenvalue weighted by Gasteiger charge is -2.05. The molecular formula is C21H17N5O. The molecule has 4 rings (SSSR count). The smallest absolute Gasteiger partial charge is 0.250 e. The number of aromatic nitrogens is 3. The van der Waals surface area contributed by atoms with Gasteiger partial charge in [0.2, 0.25) is 5.95 Å². The van der Waals surface area contributed by atoms with Crippen molar-refractivity contribution in [3.63, 3.8) is 0 Å². The number of para-hydroxylation sites is 1. The summed E-state index contributed by atoms with van der Waals surface area (Å²) in [6.45, 7) is 0. The molecule has 0 aliphatic carbocycles. The van der Waals surface area contributed by atoms with E-state index in [1.54, 1.807) is 18.3 Å². The van der Waals surface area contributed by atoms with Gasteiger partial charge in [-0.2, -0.15) is 0 Å². The maximum atomic E-state index is 11.9. The molecule has 0 aliphatic rings. The van der Waals surface area contributed by atoms with E-state index in [9.17, 15) is 4.79 Å². The van der Waals surface area contributed by atoms with E-state index in [0.717, 1.165) is 11.3 Å². The third kappa shape index (κ3) is 3.55. The maximum Gasteiger partial charge on any atom is 0.250 e. The molecule has 27 heavy (non-hydrogen) atoms. The highest BCUT2D eigenvalue weighted by atomic mass is 16.1. The van der Waals surface area contributed by atoms with Crippen LogP contribution in [0.15, 0.2) is 79.0 Å². The van der Waals surface area contributed by atoms with Crippen LogP contribution in [0.3, 0.4) is 0 Å². The monoisotopic (exact) mass is 355 g/mol. The van der Waals surface area contributed by atoms with Gasteiger partial charge in [-0.05, 0) is 29.8 Å². The summed E-state index contributed by atoms with van der Waals surface area (Å²) in [7, 11) is 0. The average molecular weight is 355 g/mol. The summed E-state index contributed by atoms with van der Waals surface area (Å²) in [6, 6.07) is 22.8. The number of anilines is 2. The molecule has 0 saturated carbocycles. The first-order valence-corrected chi connectivity index (χ1v) is 8.44. The van der Waals surface area contributed by atoms with Crippen molar-refractivity contribution in [3.8, 4) is 22.6 Å². The van der Waals surface area contributed by atoms with Crippen LogP contribution in [0, 0.1) is 0 Å². The zero-order valence-electron chi connectivity index (χ0n) is 14.4. The fourth-order valence-corrected chi connectivity index (χ4v) is 2.84. The minimum Gasteiger partial charge on any atom is -0.366 e. The van der Waals surface area contributed by atoms with E-state index in [1.807, 2.05) is 60.7 Å². The highest BCUT2D eigenvalue weighted by molar-refractivity contribution is 6.00. The molecule has 6 nitrogen and oxygen atoms in total. The molecule has 0 aliphatic heterocycles. The van der Waals surface area contributed by atoms with Crippen LogP contribution < -0.4 is 11.1 Å². The molecule has 0 saturated heterocycles. The molecule has 1 amide bonds. The number of nitrogens with one attached hydrogen (secondary N) is 2. The molecule has 2 aromatic heterocycles. The third-order valence-corrected chi connectivity index (χ3v) is 4.11. The molecule has 4 aromatic rings. The number of amides is 1. The molecular weight excluding hydrogens is 338 g/mol. The lowest BCUT2D eigenvalue weighted by Crippen LogP contribution is -2.10. The van der Waals surface area contributed by atoms with Crippen molar-refractivity contribution in [2.45, 2.75) is 0 Å². The molecule has 6 heteroatoms. The summed E-state index contributed by atoms with van der Waals surface area (Å²) in [6.07, 6.45) is 1.67. The molecule has 2 heterocycles. The van der Waals surface area contributed by atoms with Crippen molar-refractivity contribution >= 4 is 17.5 Å². The predicted octanol–water partition coefficient (Wildman–Crippen LogP) is 3.98. The maximum absolute atomic E-state index is 11.9. The Morgan fingerprint density at radius 3 is 2.37 bits per heavy atom. The molecule has 132 valence electrons. The molecule has 0 fully saturated rings. The van der Waals surface area contributed by atoms with Crippen LogP contribution >= 0.6 is 0 Å². The fourth-order valence-electron chi connectivity index (χ4n) is 2.84. The number of aromatic amines is 1. The summed E-state index contributed by atoms with van der Waals surface area (Å²) in [5, 5.41) is 3.16. The molecule has 0 radical (unpaired) electrons. The number of benzene rings is 2. The van der Waals surface area contributed by atoms with Crippen molar-refractivity contribution in [1.29, 1.82) is 0 Å². The number of nitrogens with two attached hydrogens (primary N) is 1. The second-order valence-corrected chi connectivity index (χ2v) is 5.96. The van der Waals surface area contributed by atoms with Gasteiger partial charge < -0.3 is 16.0 Å². The number of H-pyrrole nitrogens is 1. The fraction of sp³-hybridized carbons (Fsp3) is 0. The Labute approximate surface area is 156 Å². The van der Waals surface area contributed by atoms with Gasteiger partial charge >= 0.3 is 0 Å². The Hall–Kier alpha value is -3.93. The first kappa shape index (κ1) is 16.5. The number of rotatable bonds is 5. The number of hydrogen-bond acceptors (Lipinski definition) is 4. The Balaban J connectivity index is 1.72. The van der Waals surface area contributed by atoms with Crippen molar-refractivity contribution in [1.82, 2.24) is 15.0 Å². The Kier molecular flexibility index (Phi) is 4.37. The van der Waals surface area contributed by atoms with E-state index in [4.69, 9.17) is 5.73 Å². The summed E-state index contributed by atoms with van der Waals surface area (Å²) in [4.78, 5) is 24.0. The third-order valence-electron chi connectivity index (χ3n) is 4.11. The lowest BCUT2D eigenvalue weighted by molar-refractivity contribution is 0.100. The van der Waals surface area contributed by atoms with Crippen LogP contribution in [0.5, 0.6) is 0 Å². The Morgan fingerprint density at radius 1 is 0.963 bits per heavy atom. The zero-order chi connectivity index (χ0) is 18.6. The highest BCUT2D eigenvalue weighted by Gasteiger charge is 2.16. The van der Waals surface area contributed by atoms with E-state index in [2.05, 4.69) is 20.3 Å². The van der Waals surface area contributed by atoms with Crippen LogP contribution in [0.4, 0.5) is 11.6 Å². The molecule has 0 unspecified atom stereocenters. The molecule has 0 atom stereocenters. The van der Waals surface area contributed by atoms with Gasteiger partial charge in [0.05, 0.1) is 22.6 Å². The van der Waals surface area contributed by atoms with E-state index in [0.29, 0.717) is 28.6 Å². The number of primary amides is 1. The Bertz CT molecular complexity index is 1070. The summed E-state index contributed by atoms with van der Waals surface area (Å²) >= 11 is 0. The second kappa shape index (κ2) is 7.13. The molecule has 0 spiro atoms. The normalized spacial score (nSPS) is 10.5. The first-order valence-electron chi connectivity index (χ1n) is 8.44. The van der Waals surface area contributed by atoms with E-state index in [-0.39, 0.29) is 0 Å². The molecule has 2 aromatic carbocycles. The number of nitrogens with zero attached hydrogens (tertiary/aromatic N) is 2. The zero-order valence-corrected chi connectivity index (χ0v) is 14.4. The molecule has 4 N–H and O–H groups in total. The van der Waals surface area contributed by atoms with Crippen LogP contribution in [0.25, 0.3) is 22.6 Å². The quantitative estimate of drug-likeness (QED) is 0.504. The predicted molar refractivity (Wildman–Crippen MR) is 105 cm³/mol. The standard InChI is InChI=1S/C21H17N5O/c22-20(27)16-13-18(25-19(16)14-7-3-1-4-8-14)17-11-12-23-21(26-17)24-15-9-5-2-6-10-15/h1-13,25H,(H2,22,27)(H,23,24,26). The van der Waals surface area contributed by atoms with E-state index >= 15 is 0 Å². The van der Waals surface area contributed by atoms with Gasteiger partial charge in [0.15, 0.2) is 0 Å². The van der Waals surface area contributed by atoms with Crippen LogP contribution in [-0.2, 0) is 0 Å². The van der Waals surface area contributed by atoms with Crippen molar-refractivity contribution in [2.75, 3.05) is 5.32 Å². The van der Waals surface area contributed by atoms with Gasteiger partial charge in [0.25, 0.3) is 5.91 Å².